The van der Waals surface area contributed by atoms with Crippen molar-refractivity contribution in [2.45, 2.75) is 19.1 Å². The Morgan fingerprint density at radius 1 is 1.50 bits per heavy atom. The second-order valence-corrected chi connectivity index (χ2v) is 4.79. The van der Waals surface area contributed by atoms with Gasteiger partial charge < -0.3 is 14.7 Å². The fourth-order valence-electron chi connectivity index (χ4n) is 2.01. The average Bonchev–Trinajstić information content (AvgIpc) is 2.34. The van der Waals surface area contributed by atoms with E-state index in [1.165, 1.54) is 0 Å². The summed E-state index contributed by atoms with van der Waals surface area (Å²) in [6, 6.07) is 7.47. The number of hydrogen-bond donors (Lipinski definition) is 1. The highest BCUT2D eigenvalue weighted by Gasteiger charge is 2.25. The maximum Gasteiger partial charge on any atom is 0.248 e. The fraction of sp³-hybridized carbons (Fsp3) is 0.462. The van der Waals surface area contributed by atoms with E-state index in [1.54, 1.807) is 11.0 Å². The topological polar surface area (TPSA) is 49.8 Å². The Morgan fingerprint density at radius 2 is 2.33 bits per heavy atom. The molecule has 0 saturated carbocycles. The van der Waals surface area contributed by atoms with Crippen LogP contribution >= 0.6 is 11.6 Å². The molecule has 1 amide bonds. The van der Waals surface area contributed by atoms with Crippen LogP contribution in [0.2, 0.25) is 5.02 Å². The minimum atomic E-state index is -0.0770. The van der Waals surface area contributed by atoms with Gasteiger partial charge in [0.05, 0.1) is 6.10 Å². The highest BCUT2D eigenvalue weighted by molar-refractivity contribution is 6.30. The van der Waals surface area contributed by atoms with Crippen LogP contribution in [0.3, 0.4) is 0 Å². The van der Waals surface area contributed by atoms with Gasteiger partial charge in [-0.05, 0) is 24.1 Å². The molecule has 1 aromatic rings. The number of aliphatic hydroxyl groups is 1. The van der Waals surface area contributed by atoms with Crippen molar-refractivity contribution in [1.82, 2.24) is 4.90 Å². The number of carbonyl (C=O) groups excluding carboxylic acids is 1. The Hall–Kier alpha value is -1.10. The van der Waals surface area contributed by atoms with Gasteiger partial charge in [-0.2, -0.15) is 0 Å². The van der Waals surface area contributed by atoms with Crippen LogP contribution in [0.25, 0.3) is 0 Å². The summed E-state index contributed by atoms with van der Waals surface area (Å²) in [7, 11) is 0. The first-order valence-electron chi connectivity index (χ1n) is 5.93. The Balaban J connectivity index is 2.00. The number of nitrogens with zero attached hydrogens (tertiary/aromatic N) is 1. The maximum absolute atomic E-state index is 11.7. The summed E-state index contributed by atoms with van der Waals surface area (Å²) in [5.74, 6) is -0.0239. The van der Waals surface area contributed by atoms with Gasteiger partial charge in [-0.1, -0.05) is 23.7 Å². The van der Waals surface area contributed by atoms with E-state index in [9.17, 15) is 4.79 Å². The Labute approximate surface area is 111 Å². The van der Waals surface area contributed by atoms with E-state index < -0.39 is 0 Å². The van der Waals surface area contributed by atoms with Crippen LogP contribution < -0.4 is 0 Å². The first kappa shape index (κ1) is 13.3. The first-order valence-corrected chi connectivity index (χ1v) is 6.31. The minimum absolute atomic E-state index is 0.0239. The van der Waals surface area contributed by atoms with Gasteiger partial charge in [0.15, 0.2) is 0 Å². The van der Waals surface area contributed by atoms with Gasteiger partial charge >= 0.3 is 0 Å². The van der Waals surface area contributed by atoms with E-state index in [2.05, 4.69) is 0 Å². The number of ether oxygens (including phenoxy) is 1. The second-order valence-electron chi connectivity index (χ2n) is 4.35. The zero-order valence-electron chi connectivity index (χ0n) is 10.0. The SMILES string of the molecule is O=C1COC(CCO)CN1Cc1cccc(Cl)c1. The molecule has 4 nitrogen and oxygen atoms in total. The van der Waals surface area contributed by atoms with E-state index in [1.807, 2.05) is 18.2 Å². The minimum Gasteiger partial charge on any atom is -0.396 e. The molecule has 0 bridgehead atoms. The lowest BCUT2D eigenvalue weighted by Gasteiger charge is -2.32. The maximum atomic E-state index is 11.7. The van der Waals surface area contributed by atoms with E-state index >= 15 is 0 Å². The molecule has 1 N–H and O–H groups in total. The van der Waals surface area contributed by atoms with Crippen LogP contribution in [0.4, 0.5) is 0 Å². The number of benzene rings is 1. The van der Waals surface area contributed by atoms with Crippen molar-refractivity contribution in [2.24, 2.45) is 0 Å². The molecule has 0 spiro atoms. The van der Waals surface area contributed by atoms with Crippen LogP contribution in [0, 0.1) is 0 Å². The molecule has 5 heteroatoms. The van der Waals surface area contributed by atoms with Crippen LogP contribution in [0.1, 0.15) is 12.0 Å². The molecule has 1 fully saturated rings. The standard InChI is InChI=1S/C13H16ClNO3/c14-11-3-1-2-10(6-11)7-15-8-12(4-5-16)18-9-13(15)17/h1-3,6,12,16H,4-5,7-9H2. The monoisotopic (exact) mass is 269 g/mol. The fourth-order valence-corrected chi connectivity index (χ4v) is 2.22. The summed E-state index contributed by atoms with van der Waals surface area (Å²) >= 11 is 5.92. The molecule has 1 aromatic carbocycles. The van der Waals surface area contributed by atoms with Crippen LogP contribution in [-0.4, -0.2) is 41.8 Å². The van der Waals surface area contributed by atoms with Gasteiger partial charge in [-0.3, -0.25) is 4.79 Å². The molecule has 1 heterocycles. The molecular formula is C13H16ClNO3. The number of amides is 1. The molecule has 2 rings (SSSR count). The van der Waals surface area contributed by atoms with Gasteiger partial charge in [0.1, 0.15) is 6.61 Å². The van der Waals surface area contributed by atoms with Crippen molar-refractivity contribution in [2.75, 3.05) is 19.8 Å². The van der Waals surface area contributed by atoms with E-state index in [0.29, 0.717) is 24.5 Å². The smallest absolute Gasteiger partial charge is 0.248 e. The zero-order valence-corrected chi connectivity index (χ0v) is 10.8. The quantitative estimate of drug-likeness (QED) is 0.900. The van der Waals surface area contributed by atoms with Crippen molar-refractivity contribution >= 4 is 17.5 Å². The highest BCUT2D eigenvalue weighted by Crippen LogP contribution is 2.16. The van der Waals surface area contributed by atoms with Gasteiger partial charge in [0, 0.05) is 24.7 Å². The predicted octanol–water partition coefficient (Wildman–Crippen LogP) is 1.45. The lowest BCUT2D eigenvalue weighted by molar-refractivity contribution is -0.150. The molecule has 0 aliphatic carbocycles. The molecule has 98 valence electrons. The molecule has 1 aliphatic heterocycles. The van der Waals surface area contributed by atoms with Crippen LogP contribution in [-0.2, 0) is 16.1 Å². The lowest BCUT2D eigenvalue weighted by atomic mass is 10.1. The van der Waals surface area contributed by atoms with Gasteiger partial charge in [0.25, 0.3) is 0 Å². The van der Waals surface area contributed by atoms with Crippen molar-refractivity contribution in [1.29, 1.82) is 0 Å². The third-order valence-corrected chi connectivity index (χ3v) is 3.17. The van der Waals surface area contributed by atoms with E-state index in [0.717, 1.165) is 5.56 Å². The third kappa shape index (κ3) is 3.45. The lowest BCUT2D eigenvalue weighted by Crippen LogP contribution is -2.46. The van der Waals surface area contributed by atoms with E-state index in [4.69, 9.17) is 21.4 Å². The number of aliphatic hydroxyl groups excluding tert-OH is 1. The molecular weight excluding hydrogens is 254 g/mol. The van der Waals surface area contributed by atoms with Crippen molar-refractivity contribution in [3.8, 4) is 0 Å². The van der Waals surface area contributed by atoms with Gasteiger partial charge in [-0.15, -0.1) is 0 Å². The summed E-state index contributed by atoms with van der Waals surface area (Å²) in [6.45, 7) is 1.21. The van der Waals surface area contributed by atoms with Crippen LogP contribution in [0.5, 0.6) is 0 Å². The first-order chi connectivity index (χ1) is 8.69. The summed E-state index contributed by atoms with van der Waals surface area (Å²) in [5, 5.41) is 9.56. The summed E-state index contributed by atoms with van der Waals surface area (Å²) in [6.07, 6.45) is 0.478. The van der Waals surface area contributed by atoms with Crippen molar-refractivity contribution in [3.63, 3.8) is 0 Å². The van der Waals surface area contributed by atoms with Crippen molar-refractivity contribution < 1.29 is 14.6 Å². The highest BCUT2D eigenvalue weighted by atomic mass is 35.5. The van der Waals surface area contributed by atoms with Gasteiger partial charge in [0.2, 0.25) is 5.91 Å². The molecule has 1 unspecified atom stereocenters. The average molecular weight is 270 g/mol. The number of halogens is 1. The molecule has 18 heavy (non-hydrogen) atoms. The molecule has 1 aliphatic rings. The summed E-state index contributed by atoms with van der Waals surface area (Å²) in [4.78, 5) is 13.5. The largest absolute Gasteiger partial charge is 0.396 e. The molecule has 0 radical (unpaired) electrons. The summed E-state index contributed by atoms with van der Waals surface area (Å²) in [5.41, 5.74) is 1.00. The molecule has 1 atom stereocenters. The van der Waals surface area contributed by atoms with E-state index in [-0.39, 0.29) is 25.2 Å². The predicted molar refractivity (Wildman–Crippen MR) is 68.3 cm³/mol. The normalized spacial score (nSPS) is 20.2. The van der Waals surface area contributed by atoms with Crippen LogP contribution in [0.15, 0.2) is 24.3 Å². The Bertz CT molecular complexity index is 424. The van der Waals surface area contributed by atoms with Gasteiger partial charge in [-0.25, -0.2) is 0 Å². The summed E-state index contributed by atoms with van der Waals surface area (Å²) < 4.78 is 5.35. The molecule has 0 aromatic heterocycles. The van der Waals surface area contributed by atoms with Crippen molar-refractivity contribution in [3.05, 3.63) is 34.9 Å². The number of rotatable bonds is 4. The third-order valence-electron chi connectivity index (χ3n) is 2.93. The number of morpholine rings is 1. The zero-order chi connectivity index (χ0) is 13.0. The Kier molecular flexibility index (Phi) is 4.58. The molecule has 1 saturated heterocycles. The Morgan fingerprint density at radius 3 is 3.06 bits per heavy atom. The second kappa shape index (κ2) is 6.18. The number of hydrogen-bond acceptors (Lipinski definition) is 3. The number of carbonyl (C=O) groups is 1.